The van der Waals surface area contributed by atoms with Gasteiger partial charge in [0.1, 0.15) is 17.2 Å². The van der Waals surface area contributed by atoms with Crippen LogP contribution in [0.15, 0.2) is 84.9 Å². The van der Waals surface area contributed by atoms with E-state index < -0.39 is 5.97 Å². The Morgan fingerprint density at radius 1 is 0.762 bits per heavy atom. The second-order valence-corrected chi connectivity index (χ2v) is 11.6. The van der Waals surface area contributed by atoms with Gasteiger partial charge in [-0.25, -0.2) is 9.59 Å². The molecule has 0 amide bonds. The number of aryl methyl sites for hydroxylation is 1. The first kappa shape index (κ1) is 27.7. The maximum absolute atomic E-state index is 12.9. The van der Waals surface area contributed by atoms with Gasteiger partial charge in [0.05, 0.1) is 30.9 Å². The second kappa shape index (κ2) is 11.5. The Morgan fingerprint density at radius 2 is 1.26 bits per heavy atom. The molecule has 0 bridgehead atoms. The molecule has 0 saturated carbocycles. The van der Waals surface area contributed by atoms with Gasteiger partial charge in [0.25, 0.3) is 0 Å². The number of fused-ring (bicyclic) bond motifs is 3. The summed E-state index contributed by atoms with van der Waals surface area (Å²) in [6, 6.07) is 26.0. The second-order valence-electron chi connectivity index (χ2n) is 11.6. The molecular weight excluding hydrogens is 528 g/mol. The smallest absolute Gasteiger partial charge is 0.343 e. The van der Waals surface area contributed by atoms with Crippen LogP contribution in [0, 0.1) is 5.41 Å². The topological polar surface area (TPSA) is 71.1 Å². The van der Waals surface area contributed by atoms with E-state index >= 15 is 0 Å². The molecule has 0 N–H and O–H groups in total. The average Bonchev–Trinajstić information content (AvgIpc) is 3.26. The summed E-state index contributed by atoms with van der Waals surface area (Å²) in [6.45, 7) is 8.33. The fourth-order valence-electron chi connectivity index (χ4n) is 5.49. The van der Waals surface area contributed by atoms with Crippen LogP contribution in [0.25, 0.3) is 11.1 Å². The third kappa shape index (κ3) is 5.68. The Kier molecular flexibility index (Phi) is 7.56. The first-order valence-electron chi connectivity index (χ1n) is 14.4. The number of carbonyl (C=O) groups is 2. The van der Waals surface area contributed by atoms with Gasteiger partial charge in [0.15, 0.2) is 0 Å². The van der Waals surface area contributed by atoms with Crippen LogP contribution in [-0.2, 0) is 11.2 Å². The van der Waals surface area contributed by atoms with Crippen molar-refractivity contribution < 1.29 is 28.5 Å². The molecule has 1 unspecified atom stereocenters. The lowest BCUT2D eigenvalue weighted by atomic mass is 9.90. The van der Waals surface area contributed by atoms with Crippen LogP contribution < -0.4 is 14.2 Å². The monoisotopic (exact) mass is 562 g/mol. The van der Waals surface area contributed by atoms with Gasteiger partial charge in [-0.2, -0.15) is 0 Å². The van der Waals surface area contributed by atoms with E-state index in [4.69, 9.17) is 18.9 Å². The molecule has 6 rings (SSSR count). The fraction of sp³-hybridized carbons (Fsp3) is 0.278. The van der Waals surface area contributed by atoms with E-state index in [0.717, 1.165) is 35.1 Å². The van der Waals surface area contributed by atoms with Crippen LogP contribution in [0.3, 0.4) is 0 Å². The highest BCUT2D eigenvalue weighted by Gasteiger charge is 2.34. The zero-order valence-electron chi connectivity index (χ0n) is 24.1. The molecule has 0 radical (unpaired) electrons. The molecule has 1 saturated heterocycles. The fourth-order valence-corrected chi connectivity index (χ4v) is 5.49. The maximum Gasteiger partial charge on any atom is 0.343 e. The Balaban J connectivity index is 1.10. The number of hydrogen-bond acceptors (Lipinski definition) is 6. The van der Waals surface area contributed by atoms with Gasteiger partial charge in [-0.05, 0) is 94.9 Å². The van der Waals surface area contributed by atoms with Crippen LogP contribution in [0.2, 0.25) is 0 Å². The lowest BCUT2D eigenvalue weighted by molar-refractivity contribution is -0.120. The summed E-state index contributed by atoms with van der Waals surface area (Å²) in [5, 5.41) is 0. The lowest BCUT2D eigenvalue weighted by Gasteiger charge is -2.37. The largest absolute Gasteiger partial charge is 0.493 e. The van der Waals surface area contributed by atoms with E-state index in [1.807, 2.05) is 60.7 Å². The Labute approximate surface area is 246 Å². The third-order valence-electron chi connectivity index (χ3n) is 8.00. The number of benzene rings is 4. The minimum atomic E-state index is -0.430. The third-order valence-corrected chi connectivity index (χ3v) is 8.00. The molecular formula is C36H34O6. The van der Waals surface area contributed by atoms with Gasteiger partial charge in [-0.1, -0.05) is 51.5 Å². The van der Waals surface area contributed by atoms with Gasteiger partial charge >= 0.3 is 11.9 Å². The first-order chi connectivity index (χ1) is 20.3. The predicted octanol–water partition coefficient (Wildman–Crippen LogP) is 7.63. The summed E-state index contributed by atoms with van der Waals surface area (Å²) in [6.07, 6.45) is 2.04. The van der Waals surface area contributed by atoms with Crippen LogP contribution in [0.1, 0.15) is 70.5 Å². The molecule has 1 aliphatic carbocycles. The standard InChI is InChI=1S/C36H34O6/c1-4-5-24-6-8-25(9-7-24)34(37)41-28-14-16-30-31-17-15-29(19-33(31)23(2)32(30)18-28)42-35(38)26-10-12-27(13-11-26)40-22-36(3)20-39-21-36/h6-19,23H,4-5,20-22H2,1-3H3. The average molecular weight is 563 g/mol. The van der Waals surface area contributed by atoms with E-state index in [1.165, 1.54) is 5.56 Å². The molecule has 42 heavy (non-hydrogen) atoms. The molecule has 214 valence electrons. The van der Waals surface area contributed by atoms with E-state index in [0.29, 0.717) is 48.2 Å². The molecule has 0 aromatic heterocycles. The van der Waals surface area contributed by atoms with Crippen molar-refractivity contribution in [2.45, 2.75) is 39.5 Å². The van der Waals surface area contributed by atoms with Crippen molar-refractivity contribution in [1.82, 2.24) is 0 Å². The van der Waals surface area contributed by atoms with Crippen LogP contribution in [-0.4, -0.2) is 31.8 Å². The van der Waals surface area contributed by atoms with Crippen molar-refractivity contribution in [2.24, 2.45) is 5.41 Å². The lowest BCUT2D eigenvalue weighted by Crippen LogP contribution is -2.44. The highest BCUT2D eigenvalue weighted by molar-refractivity contribution is 5.92. The quantitative estimate of drug-likeness (QED) is 0.154. The minimum absolute atomic E-state index is 0.0417. The van der Waals surface area contributed by atoms with Crippen molar-refractivity contribution in [3.05, 3.63) is 113 Å². The van der Waals surface area contributed by atoms with Gasteiger partial charge in [0, 0.05) is 11.3 Å². The molecule has 1 atom stereocenters. The van der Waals surface area contributed by atoms with Crippen LogP contribution in [0.4, 0.5) is 0 Å². The van der Waals surface area contributed by atoms with Crippen molar-refractivity contribution in [3.8, 4) is 28.4 Å². The highest BCUT2D eigenvalue weighted by atomic mass is 16.5. The Bertz CT molecular complexity index is 1620. The number of ether oxygens (including phenoxy) is 4. The normalized spacial score (nSPS) is 16.1. The molecule has 0 spiro atoms. The number of rotatable bonds is 9. The maximum atomic E-state index is 12.9. The zero-order valence-corrected chi connectivity index (χ0v) is 24.1. The molecule has 1 aliphatic heterocycles. The van der Waals surface area contributed by atoms with Crippen LogP contribution >= 0.6 is 0 Å². The van der Waals surface area contributed by atoms with Gasteiger partial charge in [-0.3, -0.25) is 0 Å². The molecule has 4 aromatic carbocycles. The summed E-state index contributed by atoms with van der Waals surface area (Å²) in [4.78, 5) is 25.7. The number of carbonyl (C=O) groups excluding carboxylic acids is 2. The molecule has 4 aromatic rings. The predicted molar refractivity (Wildman–Crippen MR) is 161 cm³/mol. The molecule has 6 nitrogen and oxygen atoms in total. The van der Waals surface area contributed by atoms with Gasteiger partial charge < -0.3 is 18.9 Å². The highest BCUT2D eigenvalue weighted by Crippen LogP contribution is 2.47. The van der Waals surface area contributed by atoms with Crippen LogP contribution in [0.5, 0.6) is 17.2 Å². The summed E-state index contributed by atoms with van der Waals surface area (Å²) in [5.74, 6) is 0.928. The molecule has 2 aliphatic rings. The minimum Gasteiger partial charge on any atom is -0.493 e. The van der Waals surface area contributed by atoms with E-state index in [9.17, 15) is 9.59 Å². The van der Waals surface area contributed by atoms with Crippen molar-refractivity contribution in [1.29, 1.82) is 0 Å². The summed E-state index contributed by atoms with van der Waals surface area (Å²) < 4.78 is 22.6. The van der Waals surface area contributed by atoms with Gasteiger partial charge in [0.2, 0.25) is 0 Å². The Hall–Kier alpha value is -4.42. The zero-order chi connectivity index (χ0) is 29.3. The molecule has 1 fully saturated rings. The molecule has 1 heterocycles. The van der Waals surface area contributed by atoms with E-state index in [2.05, 4.69) is 20.8 Å². The van der Waals surface area contributed by atoms with Crippen molar-refractivity contribution in [3.63, 3.8) is 0 Å². The summed E-state index contributed by atoms with van der Waals surface area (Å²) >= 11 is 0. The number of esters is 2. The number of hydrogen-bond donors (Lipinski definition) is 0. The summed E-state index contributed by atoms with van der Waals surface area (Å²) in [5.41, 5.74) is 6.51. The van der Waals surface area contributed by atoms with Crippen molar-refractivity contribution >= 4 is 11.9 Å². The van der Waals surface area contributed by atoms with Gasteiger partial charge in [-0.15, -0.1) is 0 Å². The SMILES string of the molecule is CCCc1ccc(C(=O)Oc2ccc3c(c2)C(C)c2cc(OC(=O)c4ccc(OCC5(C)COC5)cc4)ccc2-3)cc1. The molecule has 6 heteroatoms. The first-order valence-corrected chi connectivity index (χ1v) is 14.4. The van der Waals surface area contributed by atoms with Crippen molar-refractivity contribution in [2.75, 3.05) is 19.8 Å². The van der Waals surface area contributed by atoms with E-state index in [-0.39, 0.29) is 17.3 Å². The van der Waals surface area contributed by atoms with E-state index in [1.54, 1.807) is 24.3 Å². The Morgan fingerprint density at radius 3 is 1.74 bits per heavy atom. The summed E-state index contributed by atoms with van der Waals surface area (Å²) in [7, 11) is 0.